The maximum Gasteiger partial charge on any atom is 0.334 e. The fraction of sp³-hybridized carbons (Fsp3) is 0.786. The number of hydrogen-bond donors (Lipinski definition) is 1. The molecule has 1 saturated heterocycles. The summed E-state index contributed by atoms with van der Waals surface area (Å²) in [5.41, 5.74) is 6.48. The van der Waals surface area contributed by atoms with Gasteiger partial charge in [-0.3, -0.25) is 10.1 Å². The van der Waals surface area contributed by atoms with E-state index in [9.17, 15) is 10.1 Å². The molecular weight excluding hydrogens is 270 g/mol. The van der Waals surface area contributed by atoms with Crippen molar-refractivity contribution in [1.29, 1.82) is 0 Å². The Morgan fingerprint density at radius 2 is 2.24 bits per heavy atom. The monoisotopic (exact) mass is 295 g/mol. The van der Waals surface area contributed by atoms with E-state index < -0.39 is 0 Å². The Hall–Kier alpha value is -1.63. The van der Waals surface area contributed by atoms with Gasteiger partial charge in [-0.2, -0.15) is 5.10 Å². The molecule has 7 nitrogen and oxygen atoms in total. The smallest absolute Gasteiger partial charge is 0.334 e. The maximum atomic E-state index is 11.5. The van der Waals surface area contributed by atoms with E-state index in [-0.39, 0.29) is 16.7 Å². The first-order valence-electron chi connectivity index (χ1n) is 7.77. The van der Waals surface area contributed by atoms with Crippen molar-refractivity contribution in [3.05, 3.63) is 15.8 Å². The Morgan fingerprint density at radius 3 is 2.86 bits per heavy atom. The minimum Gasteiger partial charge on any atom is -0.348 e. The quantitative estimate of drug-likeness (QED) is 0.640. The van der Waals surface area contributed by atoms with Gasteiger partial charge in [-0.05, 0) is 38.6 Å². The van der Waals surface area contributed by atoms with Crippen LogP contribution < -0.4 is 10.6 Å². The zero-order chi connectivity index (χ0) is 15.4. The number of rotatable bonds is 6. The van der Waals surface area contributed by atoms with E-state index in [1.807, 2.05) is 6.92 Å². The lowest BCUT2D eigenvalue weighted by Crippen LogP contribution is -2.42. The summed E-state index contributed by atoms with van der Waals surface area (Å²) in [7, 11) is 1.80. The second-order valence-electron chi connectivity index (χ2n) is 5.67. The lowest BCUT2D eigenvalue weighted by molar-refractivity contribution is -0.384. The zero-order valence-corrected chi connectivity index (χ0v) is 12.9. The van der Waals surface area contributed by atoms with Crippen LogP contribution in [0.4, 0.5) is 11.5 Å². The third-order valence-electron chi connectivity index (χ3n) is 4.13. The lowest BCUT2D eigenvalue weighted by Gasteiger charge is -2.36. The van der Waals surface area contributed by atoms with E-state index in [0.29, 0.717) is 24.5 Å². The van der Waals surface area contributed by atoms with Crippen LogP contribution in [0.3, 0.4) is 0 Å². The molecule has 7 heteroatoms. The number of nitrogens with two attached hydrogens (primary N) is 1. The van der Waals surface area contributed by atoms with E-state index in [1.165, 1.54) is 0 Å². The zero-order valence-electron chi connectivity index (χ0n) is 12.9. The summed E-state index contributed by atoms with van der Waals surface area (Å²) in [5.74, 6) is 0.654. The van der Waals surface area contributed by atoms with Gasteiger partial charge in [0, 0.05) is 19.6 Å². The molecule has 0 aliphatic carbocycles. The van der Waals surface area contributed by atoms with Crippen molar-refractivity contribution in [2.75, 3.05) is 18.0 Å². The minimum absolute atomic E-state index is 0.184. The van der Waals surface area contributed by atoms with Crippen LogP contribution >= 0.6 is 0 Å². The molecule has 0 amide bonds. The number of aryl methyl sites for hydroxylation is 2. The molecule has 1 aliphatic heterocycles. The van der Waals surface area contributed by atoms with Crippen molar-refractivity contribution >= 4 is 11.5 Å². The van der Waals surface area contributed by atoms with Gasteiger partial charge in [0.05, 0.1) is 4.92 Å². The van der Waals surface area contributed by atoms with Crippen LogP contribution in [0.15, 0.2) is 0 Å². The number of piperidine rings is 1. The predicted octanol–water partition coefficient (Wildman–Crippen LogP) is 1.99. The highest BCUT2D eigenvalue weighted by molar-refractivity contribution is 5.62. The maximum absolute atomic E-state index is 11.5. The highest BCUT2D eigenvalue weighted by Gasteiger charge is 2.34. The molecule has 0 spiro atoms. The molecule has 2 N–H and O–H groups in total. The molecule has 0 radical (unpaired) electrons. The molecule has 1 fully saturated rings. The molecule has 0 aromatic carbocycles. The molecule has 1 aliphatic rings. The van der Waals surface area contributed by atoms with Crippen LogP contribution in [0, 0.1) is 10.1 Å². The highest BCUT2D eigenvalue weighted by atomic mass is 16.6. The first kappa shape index (κ1) is 15.8. The van der Waals surface area contributed by atoms with Gasteiger partial charge < -0.3 is 10.6 Å². The third kappa shape index (κ3) is 3.18. The number of anilines is 1. The molecule has 1 atom stereocenters. The van der Waals surface area contributed by atoms with Crippen LogP contribution in [0.25, 0.3) is 0 Å². The van der Waals surface area contributed by atoms with Gasteiger partial charge in [0.1, 0.15) is 5.69 Å². The second kappa shape index (κ2) is 6.89. The number of aromatic nitrogens is 2. The van der Waals surface area contributed by atoms with Crippen LogP contribution in [0.2, 0.25) is 0 Å². The van der Waals surface area contributed by atoms with Gasteiger partial charge >= 0.3 is 5.69 Å². The van der Waals surface area contributed by atoms with Gasteiger partial charge in [-0.25, -0.2) is 4.68 Å². The van der Waals surface area contributed by atoms with Gasteiger partial charge in [0.25, 0.3) is 0 Å². The van der Waals surface area contributed by atoms with Crippen molar-refractivity contribution in [1.82, 2.24) is 9.78 Å². The summed E-state index contributed by atoms with van der Waals surface area (Å²) in [6, 6.07) is 0.285. The molecule has 1 aromatic heterocycles. The first-order chi connectivity index (χ1) is 10.1. The van der Waals surface area contributed by atoms with Crippen LogP contribution in [0.5, 0.6) is 0 Å². The fourth-order valence-electron chi connectivity index (χ4n) is 3.24. The van der Waals surface area contributed by atoms with E-state index in [4.69, 9.17) is 5.73 Å². The molecule has 2 heterocycles. The predicted molar refractivity (Wildman–Crippen MR) is 82.5 cm³/mol. The molecule has 0 saturated carbocycles. The number of nitro groups is 1. The van der Waals surface area contributed by atoms with Crippen molar-refractivity contribution in [2.45, 2.75) is 51.5 Å². The minimum atomic E-state index is -0.276. The van der Waals surface area contributed by atoms with Gasteiger partial charge in [0.2, 0.25) is 5.82 Å². The fourth-order valence-corrected chi connectivity index (χ4v) is 3.24. The number of hydrogen-bond acceptors (Lipinski definition) is 5. The standard InChI is InChI=1S/C14H25N5O2/c1-3-6-12-13(19(20)21)14(17(2)16-12)18-10-5-4-7-11(18)8-9-15/h11H,3-10,15H2,1-2H3. The van der Waals surface area contributed by atoms with E-state index in [1.54, 1.807) is 11.7 Å². The normalized spacial score (nSPS) is 19.0. The Kier molecular flexibility index (Phi) is 5.17. The highest BCUT2D eigenvalue weighted by Crippen LogP contribution is 2.36. The second-order valence-corrected chi connectivity index (χ2v) is 5.67. The molecule has 1 unspecified atom stereocenters. The average molecular weight is 295 g/mol. The molecule has 118 valence electrons. The molecule has 2 rings (SSSR count). The number of nitrogens with zero attached hydrogens (tertiary/aromatic N) is 4. The van der Waals surface area contributed by atoms with Crippen molar-refractivity contribution in [2.24, 2.45) is 12.8 Å². The largest absolute Gasteiger partial charge is 0.348 e. The van der Waals surface area contributed by atoms with Gasteiger partial charge in [-0.1, -0.05) is 13.3 Å². The van der Waals surface area contributed by atoms with Crippen molar-refractivity contribution in [3.63, 3.8) is 0 Å². The van der Waals surface area contributed by atoms with Crippen LogP contribution in [0.1, 0.15) is 44.7 Å². The molecule has 0 bridgehead atoms. The molecular formula is C14H25N5O2. The Bertz CT molecular complexity index is 498. The van der Waals surface area contributed by atoms with Crippen molar-refractivity contribution < 1.29 is 4.92 Å². The first-order valence-corrected chi connectivity index (χ1v) is 7.77. The van der Waals surface area contributed by atoms with E-state index in [2.05, 4.69) is 10.00 Å². The Labute approximate surface area is 125 Å². The summed E-state index contributed by atoms with van der Waals surface area (Å²) in [6.07, 6.45) is 5.62. The average Bonchev–Trinajstić information content (AvgIpc) is 2.77. The van der Waals surface area contributed by atoms with Gasteiger partial charge in [0.15, 0.2) is 0 Å². The topological polar surface area (TPSA) is 90.2 Å². The summed E-state index contributed by atoms with van der Waals surface area (Å²) >= 11 is 0. The molecule has 21 heavy (non-hydrogen) atoms. The SMILES string of the molecule is CCCc1nn(C)c(N2CCCCC2CCN)c1[N+](=O)[O-]. The van der Waals surface area contributed by atoms with Crippen LogP contribution in [-0.4, -0.2) is 33.8 Å². The summed E-state index contributed by atoms with van der Waals surface area (Å²) in [5, 5.41) is 15.9. The van der Waals surface area contributed by atoms with Gasteiger partial charge in [-0.15, -0.1) is 0 Å². The van der Waals surface area contributed by atoms with E-state index >= 15 is 0 Å². The van der Waals surface area contributed by atoms with Crippen molar-refractivity contribution in [3.8, 4) is 0 Å². The third-order valence-corrected chi connectivity index (χ3v) is 4.13. The summed E-state index contributed by atoms with van der Waals surface area (Å²) in [6.45, 7) is 3.46. The lowest BCUT2D eigenvalue weighted by atomic mass is 9.99. The molecule has 1 aromatic rings. The Morgan fingerprint density at radius 1 is 1.48 bits per heavy atom. The summed E-state index contributed by atoms with van der Waals surface area (Å²) < 4.78 is 1.68. The van der Waals surface area contributed by atoms with Crippen LogP contribution in [-0.2, 0) is 13.5 Å². The summed E-state index contributed by atoms with van der Waals surface area (Å²) in [4.78, 5) is 13.4. The van der Waals surface area contributed by atoms with E-state index in [0.717, 1.165) is 38.6 Å². The Balaban J connectivity index is 2.42.